The van der Waals surface area contributed by atoms with Crippen LogP contribution in [-0.4, -0.2) is 31.9 Å². The Morgan fingerprint density at radius 1 is 1.12 bits per heavy atom. The van der Waals surface area contributed by atoms with Gasteiger partial charge in [-0.25, -0.2) is 4.79 Å². The van der Waals surface area contributed by atoms with Crippen LogP contribution < -0.4 is 30.0 Å². The molecular weight excluding hydrogens is 454 g/mol. The van der Waals surface area contributed by atoms with Crippen molar-refractivity contribution in [3.8, 4) is 17.6 Å². The summed E-state index contributed by atoms with van der Waals surface area (Å²) in [6.45, 7) is 0. The SMILES string of the molecule is COC(=O)C1=C(N)n2c(s/c(=C/c3cccc(OC)c3)c2=O)=C(C#N)[C@@H]1c1cccc(OC)c1. The molecule has 0 radical (unpaired) electrons. The molecule has 0 amide bonds. The van der Waals surface area contributed by atoms with E-state index in [1.807, 2.05) is 12.1 Å². The van der Waals surface area contributed by atoms with Crippen LogP contribution >= 0.6 is 11.3 Å². The standard InChI is InChI=1S/C25H21N3O5S/c1-31-16-8-4-6-14(10-16)11-19-23(29)28-22(27)21(25(30)33-3)20(18(13-26)24(28)34-19)15-7-5-9-17(12-15)32-2/h4-12,20H,27H2,1-3H3/b19-11+/t20-/m0/s1. The summed E-state index contributed by atoms with van der Waals surface area (Å²) >= 11 is 1.13. The number of esters is 1. The number of hydrogen-bond donors (Lipinski definition) is 1. The van der Waals surface area contributed by atoms with E-state index in [0.29, 0.717) is 26.3 Å². The Balaban J connectivity index is 2.06. The van der Waals surface area contributed by atoms with Gasteiger partial charge in [-0.1, -0.05) is 24.3 Å². The third-order valence-electron chi connectivity index (χ3n) is 5.49. The molecule has 1 aromatic heterocycles. The number of nitrogens with zero attached hydrogens (tertiary/aromatic N) is 2. The van der Waals surface area contributed by atoms with Crippen molar-refractivity contribution in [1.82, 2.24) is 4.57 Å². The Hall–Kier alpha value is -4.29. The van der Waals surface area contributed by atoms with Crippen LogP contribution in [0.4, 0.5) is 0 Å². The van der Waals surface area contributed by atoms with Crippen LogP contribution in [0.1, 0.15) is 17.0 Å². The lowest BCUT2D eigenvalue weighted by molar-refractivity contribution is -0.136. The van der Waals surface area contributed by atoms with Gasteiger partial charge in [0.25, 0.3) is 5.56 Å². The molecule has 1 aliphatic rings. The number of nitriles is 1. The Bertz CT molecular complexity index is 1540. The first kappa shape index (κ1) is 22.9. The first-order chi connectivity index (χ1) is 16.4. The highest BCUT2D eigenvalue weighted by molar-refractivity contribution is 7.07. The number of ether oxygens (including phenoxy) is 3. The Labute approximate surface area is 199 Å². The second-order valence-corrected chi connectivity index (χ2v) is 8.39. The number of carbonyl (C=O) groups is 1. The first-order valence-electron chi connectivity index (χ1n) is 10.2. The highest BCUT2D eigenvalue weighted by Gasteiger charge is 2.36. The van der Waals surface area contributed by atoms with Gasteiger partial charge in [-0.05, 0) is 41.5 Å². The van der Waals surface area contributed by atoms with Crippen molar-refractivity contribution in [2.24, 2.45) is 5.73 Å². The molecule has 0 saturated heterocycles. The van der Waals surface area contributed by atoms with Crippen LogP contribution in [0.15, 0.2) is 58.9 Å². The van der Waals surface area contributed by atoms with E-state index in [1.165, 1.54) is 18.8 Å². The van der Waals surface area contributed by atoms with Crippen molar-refractivity contribution >= 4 is 34.8 Å². The minimum absolute atomic E-state index is 0.0210. The summed E-state index contributed by atoms with van der Waals surface area (Å²) in [4.78, 5) is 26.2. The van der Waals surface area contributed by atoms with Crippen LogP contribution in [-0.2, 0) is 9.53 Å². The Morgan fingerprint density at radius 3 is 2.44 bits per heavy atom. The molecule has 2 heterocycles. The lowest BCUT2D eigenvalue weighted by Gasteiger charge is -2.25. The fraction of sp³-hybridized carbons (Fsp3) is 0.160. The van der Waals surface area contributed by atoms with E-state index in [-0.39, 0.29) is 17.0 Å². The summed E-state index contributed by atoms with van der Waals surface area (Å²) in [6.07, 6.45) is 1.70. The number of carbonyl (C=O) groups excluding carboxylic acids is 1. The average Bonchev–Trinajstić information content (AvgIpc) is 3.19. The summed E-state index contributed by atoms with van der Waals surface area (Å²) in [6, 6.07) is 16.4. The lowest BCUT2D eigenvalue weighted by Crippen LogP contribution is -2.40. The molecule has 0 spiro atoms. The predicted molar refractivity (Wildman–Crippen MR) is 129 cm³/mol. The maximum Gasteiger partial charge on any atom is 0.338 e. The van der Waals surface area contributed by atoms with Crippen molar-refractivity contribution in [3.05, 3.63) is 84.8 Å². The molecule has 0 bridgehead atoms. The fourth-order valence-corrected chi connectivity index (χ4v) is 5.03. The number of methoxy groups -OCH3 is 3. The van der Waals surface area contributed by atoms with E-state index in [0.717, 1.165) is 16.9 Å². The molecule has 172 valence electrons. The van der Waals surface area contributed by atoms with Gasteiger partial charge < -0.3 is 19.9 Å². The van der Waals surface area contributed by atoms with Crippen LogP contribution in [0.5, 0.6) is 11.5 Å². The summed E-state index contributed by atoms with van der Waals surface area (Å²) in [7, 11) is 4.31. The summed E-state index contributed by atoms with van der Waals surface area (Å²) in [5, 5.41) is 10.1. The van der Waals surface area contributed by atoms with Gasteiger partial charge in [0, 0.05) is 0 Å². The van der Waals surface area contributed by atoms with Gasteiger partial charge in [-0.15, -0.1) is 11.3 Å². The van der Waals surface area contributed by atoms with Crippen molar-refractivity contribution < 1.29 is 19.0 Å². The van der Waals surface area contributed by atoms with E-state index in [2.05, 4.69) is 6.07 Å². The zero-order valence-electron chi connectivity index (χ0n) is 18.7. The molecule has 4 rings (SSSR count). The molecule has 0 fully saturated rings. The third kappa shape index (κ3) is 3.84. The predicted octanol–water partition coefficient (Wildman–Crippen LogP) is 1.53. The Morgan fingerprint density at radius 2 is 1.79 bits per heavy atom. The van der Waals surface area contributed by atoms with E-state index in [4.69, 9.17) is 19.9 Å². The van der Waals surface area contributed by atoms with Crippen molar-refractivity contribution in [1.29, 1.82) is 5.26 Å². The van der Waals surface area contributed by atoms with E-state index in [1.54, 1.807) is 49.6 Å². The van der Waals surface area contributed by atoms with Gasteiger partial charge in [0.1, 0.15) is 22.0 Å². The zero-order chi connectivity index (χ0) is 24.4. The quantitative estimate of drug-likeness (QED) is 0.556. The fourth-order valence-electron chi connectivity index (χ4n) is 3.90. The smallest absolute Gasteiger partial charge is 0.338 e. The monoisotopic (exact) mass is 475 g/mol. The average molecular weight is 476 g/mol. The highest BCUT2D eigenvalue weighted by atomic mass is 32.1. The zero-order valence-corrected chi connectivity index (χ0v) is 19.5. The Kier molecular flexibility index (Phi) is 6.25. The number of nitrogens with two attached hydrogens (primary N) is 1. The summed E-state index contributed by atoms with van der Waals surface area (Å²) in [5.41, 5.74) is 7.56. The number of rotatable bonds is 5. The van der Waals surface area contributed by atoms with Gasteiger partial charge in [-0.3, -0.25) is 9.36 Å². The molecular formula is C25H21N3O5S. The third-order valence-corrected chi connectivity index (χ3v) is 6.60. The van der Waals surface area contributed by atoms with Gasteiger partial charge in [0.15, 0.2) is 0 Å². The van der Waals surface area contributed by atoms with Crippen molar-refractivity contribution in [2.45, 2.75) is 5.92 Å². The van der Waals surface area contributed by atoms with E-state index in [9.17, 15) is 14.9 Å². The van der Waals surface area contributed by atoms with Gasteiger partial charge in [-0.2, -0.15) is 5.26 Å². The van der Waals surface area contributed by atoms with E-state index >= 15 is 0 Å². The van der Waals surface area contributed by atoms with Crippen molar-refractivity contribution in [3.63, 3.8) is 0 Å². The van der Waals surface area contributed by atoms with Crippen LogP contribution in [0.3, 0.4) is 0 Å². The molecule has 0 aliphatic carbocycles. The number of hydrogen-bond acceptors (Lipinski definition) is 8. The van der Waals surface area contributed by atoms with Crippen LogP contribution in [0.25, 0.3) is 17.5 Å². The van der Waals surface area contributed by atoms with Gasteiger partial charge >= 0.3 is 5.97 Å². The highest BCUT2D eigenvalue weighted by Crippen LogP contribution is 2.37. The van der Waals surface area contributed by atoms with Gasteiger partial charge in [0.05, 0.1) is 49.0 Å². The van der Waals surface area contributed by atoms with Crippen LogP contribution in [0, 0.1) is 11.3 Å². The first-order valence-corrected chi connectivity index (χ1v) is 11.0. The second kappa shape index (κ2) is 9.29. The van der Waals surface area contributed by atoms with Crippen molar-refractivity contribution in [2.75, 3.05) is 21.3 Å². The minimum Gasteiger partial charge on any atom is -0.497 e. The number of benzene rings is 2. The normalized spacial score (nSPS) is 15.5. The molecule has 1 aliphatic heterocycles. The van der Waals surface area contributed by atoms with Crippen LogP contribution in [0.2, 0.25) is 0 Å². The molecule has 0 saturated carbocycles. The molecule has 34 heavy (non-hydrogen) atoms. The number of fused-ring (bicyclic) bond motifs is 1. The molecule has 8 nitrogen and oxygen atoms in total. The minimum atomic E-state index is -0.824. The van der Waals surface area contributed by atoms with E-state index < -0.39 is 17.4 Å². The lowest BCUT2D eigenvalue weighted by atomic mass is 9.83. The molecule has 1 atom stereocenters. The molecule has 0 unspecified atom stereocenters. The molecule has 9 heteroatoms. The molecule has 3 aromatic rings. The maximum absolute atomic E-state index is 13.3. The summed E-state index contributed by atoms with van der Waals surface area (Å²) in [5.74, 6) is -0.417. The molecule has 2 aromatic carbocycles. The number of thiazole rings is 1. The van der Waals surface area contributed by atoms with Gasteiger partial charge in [0.2, 0.25) is 0 Å². The topological polar surface area (TPSA) is 117 Å². The summed E-state index contributed by atoms with van der Waals surface area (Å²) < 4.78 is 17.5. The second-order valence-electron chi connectivity index (χ2n) is 7.36. The maximum atomic E-state index is 13.3. The molecule has 2 N–H and O–H groups in total. The largest absolute Gasteiger partial charge is 0.497 e. The number of aromatic nitrogens is 1.